The van der Waals surface area contributed by atoms with E-state index in [1.54, 1.807) is 12.3 Å². The highest BCUT2D eigenvalue weighted by atomic mass is 16.2. The summed E-state index contributed by atoms with van der Waals surface area (Å²) < 4.78 is 0. The van der Waals surface area contributed by atoms with Gasteiger partial charge in [-0.15, -0.1) is 0 Å². The number of amides is 1. The lowest BCUT2D eigenvalue weighted by atomic mass is 9.97. The summed E-state index contributed by atoms with van der Waals surface area (Å²) in [5.74, 6) is 0.208. The fraction of sp³-hybridized carbons (Fsp3) is 0.333. The molecular formula is C33H44N6O. The number of nitriles is 1. The lowest BCUT2D eigenvalue weighted by molar-refractivity contribution is -0.123. The first-order valence-corrected chi connectivity index (χ1v) is 13.5. The van der Waals surface area contributed by atoms with Gasteiger partial charge in [0, 0.05) is 37.6 Å². The number of benzene rings is 1. The first kappa shape index (κ1) is 33.7. The zero-order chi connectivity index (χ0) is 29.6. The molecular weight excluding hydrogens is 496 g/mol. The van der Waals surface area contributed by atoms with Crippen LogP contribution >= 0.6 is 0 Å². The van der Waals surface area contributed by atoms with Gasteiger partial charge >= 0.3 is 0 Å². The van der Waals surface area contributed by atoms with E-state index in [1.807, 2.05) is 80.6 Å². The molecule has 0 saturated heterocycles. The Morgan fingerprint density at radius 2 is 1.90 bits per heavy atom. The van der Waals surface area contributed by atoms with Crippen molar-refractivity contribution < 1.29 is 4.79 Å². The molecule has 1 rings (SSSR count). The molecule has 212 valence electrons. The van der Waals surface area contributed by atoms with Crippen molar-refractivity contribution in [3.63, 3.8) is 0 Å². The second-order valence-corrected chi connectivity index (χ2v) is 9.36. The first-order valence-electron chi connectivity index (χ1n) is 13.5. The molecule has 7 nitrogen and oxygen atoms in total. The smallest absolute Gasteiger partial charge is 0.241 e. The largest absolute Gasteiger partial charge is 0.383 e. The zero-order valence-electron chi connectivity index (χ0n) is 24.3. The monoisotopic (exact) mass is 540 g/mol. The summed E-state index contributed by atoms with van der Waals surface area (Å²) in [7, 11) is 0. The molecule has 0 aliphatic carbocycles. The van der Waals surface area contributed by atoms with Crippen LogP contribution in [0.15, 0.2) is 106 Å². The van der Waals surface area contributed by atoms with Gasteiger partial charge in [0.15, 0.2) is 0 Å². The molecule has 0 spiro atoms. The Kier molecular flexibility index (Phi) is 17.4. The Hall–Kier alpha value is -4.28. The average molecular weight is 541 g/mol. The molecule has 0 aliphatic heterocycles. The van der Waals surface area contributed by atoms with Crippen molar-refractivity contribution in [1.82, 2.24) is 16.0 Å². The van der Waals surface area contributed by atoms with Crippen LogP contribution in [0.3, 0.4) is 0 Å². The number of aliphatic imine (C=N–C) groups is 1. The Morgan fingerprint density at radius 3 is 2.55 bits per heavy atom. The molecule has 0 fully saturated rings. The van der Waals surface area contributed by atoms with Crippen LogP contribution in [0.25, 0.3) is 0 Å². The van der Waals surface area contributed by atoms with Crippen LogP contribution in [0, 0.1) is 22.7 Å². The average Bonchev–Trinajstić information content (AvgIpc) is 2.97. The fourth-order valence-electron chi connectivity index (χ4n) is 3.61. The van der Waals surface area contributed by atoms with Gasteiger partial charge < -0.3 is 21.4 Å². The topological polar surface area (TPSA) is 113 Å². The van der Waals surface area contributed by atoms with Crippen LogP contribution in [-0.2, 0) is 4.79 Å². The molecule has 1 aromatic rings. The second-order valence-electron chi connectivity index (χ2n) is 9.36. The van der Waals surface area contributed by atoms with E-state index in [0.29, 0.717) is 37.5 Å². The number of hydrogen-bond acceptors (Lipinski definition) is 6. The minimum atomic E-state index is -0.461. The number of rotatable bonds is 18. The maximum atomic E-state index is 13.1. The van der Waals surface area contributed by atoms with Gasteiger partial charge in [-0.1, -0.05) is 73.2 Å². The van der Waals surface area contributed by atoms with Crippen LogP contribution in [0.1, 0.15) is 52.1 Å². The number of carbonyl (C=O) groups is 1. The fourth-order valence-corrected chi connectivity index (χ4v) is 3.61. The van der Waals surface area contributed by atoms with Crippen molar-refractivity contribution in [3.8, 4) is 6.07 Å². The van der Waals surface area contributed by atoms with E-state index in [9.17, 15) is 10.1 Å². The molecule has 2 atom stereocenters. The summed E-state index contributed by atoms with van der Waals surface area (Å²) in [6, 6.07) is 11.4. The van der Waals surface area contributed by atoms with Gasteiger partial charge in [-0.25, -0.2) is 0 Å². The highest BCUT2D eigenvalue weighted by Gasteiger charge is 2.19. The van der Waals surface area contributed by atoms with Gasteiger partial charge in [-0.05, 0) is 69.7 Å². The maximum absolute atomic E-state index is 13.1. The Morgan fingerprint density at radius 1 is 1.15 bits per heavy atom. The third-order valence-electron chi connectivity index (χ3n) is 6.23. The highest BCUT2D eigenvalue weighted by molar-refractivity contribution is 5.83. The van der Waals surface area contributed by atoms with Gasteiger partial charge in [0.05, 0.1) is 11.6 Å². The summed E-state index contributed by atoms with van der Waals surface area (Å²) in [6.07, 6.45) is 17.8. The maximum Gasteiger partial charge on any atom is 0.241 e. The van der Waals surface area contributed by atoms with Crippen molar-refractivity contribution in [3.05, 3.63) is 107 Å². The number of nitrogens with one attached hydrogen (secondary N) is 4. The van der Waals surface area contributed by atoms with Crippen molar-refractivity contribution in [1.29, 1.82) is 10.7 Å². The van der Waals surface area contributed by atoms with E-state index in [-0.39, 0.29) is 5.91 Å². The normalized spacial score (nSPS) is 14.6. The Balaban J connectivity index is 2.71. The third kappa shape index (κ3) is 14.0. The highest BCUT2D eigenvalue weighted by Crippen LogP contribution is 2.17. The summed E-state index contributed by atoms with van der Waals surface area (Å²) in [6.45, 7) is 13.2. The van der Waals surface area contributed by atoms with E-state index in [0.717, 1.165) is 23.3 Å². The second kappa shape index (κ2) is 20.7. The molecule has 2 unspecified atom stereocenters. The molecule has 0 saturated carbocycles. The third-order valence-corrected chi connectivity index (χ3v) is 6.23. The molecule has 0 aromatic heterocycles. The molecule has 7 heteroatoms. The van der Waals surface area contributed by atoms with Gasteiger partial charge in [-0.3, -0.25) is 9.79 Å². The van der Waals surface area contributed by atoms with Gasteiger partial charge in [-0.2, -0.15) is 5.26 Å². The molecule has 40 heavy (non-hydrogen) atoms. The predicted octanol–water partition coefficient (Wildman–Crippen LogP) is 6.11. The van der Waals surface area contributed by atoms with Crippen LogP contribution < -0.4 is 16.0 Å². The molecule has 4 N–H and O–H groups in total. The first-order chi connectivity index (χ1) is 19.4. The summed E-state index contributed by atoms with van der Waals surface area (Å²) >= 11 is 0. The van der Waals surface area contributed by atoms with Crippen molar-refractivity contribution in [2.24, 2.45) is 10.9 Å². The standard InChI is InChI=1S/C33H44N6O/c1-6-12-29(24-35)17-16-27(3)28(4)19-22-38-32(30-13-8-7-9-14-30)33(40)39-20-11-10-15-31(25-36-5)37-21-18-26(2)23-34/h6-14,16-18,23,25,28,32,34,37-38H,5,15,19-22H2,1-4H3,(H,39,40)/b11-10-,12-6-,26-18?,27-16+,29-17+,31-25+,34-23?. The molecule has 0 heterocycles. The minimum absolute atomic E-state index is 0.0855. The minimum Gasteiger partial charge on any atom is -0.383 e. The molecule has 0 aliphatic rings. The van der Waals surface area contributed by atoms with Crippen LogP contribution in [0.2, 0.25) is 0 Å². The number of allylic oxidation sites excluding steroid dienone is 8. The van der Waals surface area contributed by atoms with E-state index in [1.165, 1.54) is 11.8 Å². The number of hydrogen-bond donors (Lipinski definition) is 4. The van der Waals surface area contributed by atoms with Crippen molar-refractivity contribution in [2.45, 2.75) is 46.6 Å². The summed E-state index contributed by atoms with van der Waals surface area (Å²) in [5.41, 5.74) is 4.49. The van der Waals surface area contributed by atoms with Crippen LogP contribution in [0.4, 0.5) is 0 Å². The molecule has 0 bridgehead atoms. The Bertz CT molecular complexity index is 1170. The SMILES string of the molecule is C=N/C=C(\C/C=C\CNC(=O)C(NCCC(C)/C(C)=C/C=C(C#N)\C=C/C)c1ccccc1)NCC=C(C)C=N. The Labute approximate surface area is 240 Å². The van der Waals surface area contributed by atoms with E-state index >= 15 is 0 Å². The summed E-state index contributed by atoms with van der Waals surface area (Å²) in [4.78, 5) is 17.0. The van der Waals surface area contributed by atoms with Crippen LogP contribution in [0.5, 0.6) is 0 Å². The lowest BCUT2D eigenvalue weighted by Crippen LogP contribution is -2.38. The van der Waals surface area contributed by atoms with Gasteiger partial charge in [0.1, 0.15) is 6.04 Å². The van der Waals surface area contributed by atoms with E-state index < -0.39 is 6.04 Å². The zero-order valence-corrected chi connectivity index (χ0v) is 24.3. The summed E-state index contributed by atoms with van der Waals surface area (Å²) in [5, 5.41) is 26.1. The van der Waals surface area contributed by atoms with Gasteiger partial charge in [0.25, 0.3) is 0 Å². The predicted molar refractivity (Wildman–Crippen MR) is 168 cm³/mol. The van der Waals surface area contributed by atoms with Gasteiger partial charge in [0.2, 0.25) is 5.91 Å². The van der Waals surface area contributed by atoms with E-state index in [4.69, 9.17) is 5.41 Å². The van der Waals surface area contributed by atoms with Crippen molar-refractivity contribution in [2.75, 3.05) is 19.6 Å². The number of nitrogens with zero attached hydrogens (tertiary/aromatic N) is 2. The molecule has 0 radical (unpaired) electrons. The number of carbonyl (C=O) groups excluding carboxylic acids is 1. The van der Waals surface area contributed by atoms with Crippen molar-refractivity contribution >= 4 is 18.8 Å². The van der Waals surface area contributed by atoms with Crippen LogP contribution in [-0.4, -0.2) is 38.5 Å². The quantitative estimate of drug-likeness (QED) is 0.0779. The molecule has 1 aromatic carbocycles. The van der Waals surface area contributed by atoms with E-state index in [2.05, 4.69) is 47.6 Å². The molecule has 1 amide bonds. The lowest BCUT2D eigenvalue weighted by Gasteiger charge is -2.20.